The van der Waals surface area contributed by atoms with Gasteiger partial charge in [0, 0.05) is 10.5 Å². The fourth-order valence-electron chi connectivity index (χ4n) is 2.86. The summed E-state index contributed by atoms with van der Waals surface area (Å²) in [7, 11) is 0. The Balaban J connectivity index is 2.32. The predicted octanol–water partition coefficient (Wildman–Crippen LogP) is 5.35. The van der Waals surface area contributed by atoms with Crippen LogP contribution in [0, 0.1) is 13.8 Å². The molecule has 0 spiro atoms. The van der Waals surface area contributed by atoms with Crippen LogP contribution in [0.5, 0.6) is 0 Å². The van der Waals surface area contributed by atoms with Gasteiger partial charge < -0.3 is 5.32 Å². The third-order valence-corrected chi connectivity index (χ3v) is 4.69. The van der Waals surface area contributed by atoms with Crippen LogP contribution in [0.4, 0.5) is 0 Å². The SMILES string of the molecule is CCCNC(Cc1ccccc1Br)c1c(C)cccc1C. The monoisotopic (exact) mass is 345 g/mol. The lowest BCUT2D eigenvalue weighted by molar-refractivity contribution is 0.524. The van der Waals surface area contributed by atoms with Crippen molar-refractivity contribution in [2.75, 3.05) is 6.54 Å². The van der Waals surface area contributed by atoms with Crippen molar-refractivity contribution in [3.63, 3.8) is 0 Å². The van der Waals surface area contributed by atoms with Crippen molar-refractivity contribution in [3.05, 3.63) is 69.2 Å². The van der Waals surface area contributed by atoms with Crippen molar-refractivity contribution in [1.29, 1.82) is 0 Å². The number of hydrogen-bond acceptors (Lipinski definition) is 1. The van der Waals surface area contributed by atoms with Crippen molar-refractivity contribution in [2.45, 2.75) is 39.7 Å². The molecule has 0 heterocycles. The second-order valence-electron chi connectivity index (χ2n) is 5.61. The van der Waals surface area contributed by atoms with E-state index in [4.69, 9.17) is 0 Å². The van der Waals surface area contributed by atoms with Crippen LogP contribution in [0.25, 0.3) is 0 Å². The maximum atomic E-state index is 3.72. The van der Waals surface area contributed by atoms with Crippen LogP contribution >= 0.6 is 15.9 Å². The first-order chi connectivity index (χ1) is 10.1. The molecule has 0 aromatic heterocycles. The van der Waals surface area contributed by atoms with Gasteiger partial charge in [-0.1, -0.05) is 59.3 Å². The molecular weight excluding hydrogens is 322 g/mol. The highest BCUT2D eigenvalue weighted by atomic mass is 79.9. The summed E-state index contributed by atoms with van der Waals surface area (Å²) in [6.07, 6.45) is 2.16. The second kappa shape index (κ2) is 7.77. The fraction of sp³-hybridized carbons (Fsp3) is 0.368. The Labute approximate surface area is 136 Å². The Kier molecular flexibility index (Phi) is 6.01. The van der Waals surface area contributed by atoms with Crippen LogP contribution in [-0.2, 0) is 6.42 Å². The Morgan fingerprint density at radius 3 is 2.29 bits per heavy atom. The summed E-state index contributed by atoms with van der Waals surface area (Å²) in [5, 5.41) is 3.72. The molecular formula is C19H24BrN. The first-order valence-electron chi connectivity index (χ1n) is 7.66. The smallest absolute Gasteiger partial charge is 0.0366 e. The number of hydrogen-bond donors (Lipinski definition) is 1. The fourth-order valence-corrected chi connectivity index (χ4v) is 3.30. The zero-order valence-electron chi connectivity index (χ0n) is 13.1. The van der Waals surface area contributed by atoms with E-state index in [1.165, 1.54) is 26.7 Å². The van der Waals surface area contributed by atoms with Crippen molar-refractivity contribution in [2.24, 2.45) is 0 Å². The lowest BCUT2D eigenvalue weighted by Crippen LogP contribution is -2.25. The van der Waals surface area contributed by atoms with Gasteiger partial charge in [0.2, 0.25) is 0 Å². The number of halogens is 1. The molecule has 0 amide bonds. The van der Waals surface area contributed by atoms with Crippen LogP contribution in [0.3, 0.4) is 0 Å². The second-order valence-corrected chi connectivity index (χ2v) is 6.46. The van der Waals surface area contributed by atoms with E-state index in [0.29, 0.717) is 6.04 Å². The van der Waals surface area contributed by atoms with Gasteiger partial charge in [-0.15, -0.1) is 0 Å². The van der Waals surface area contributed by atoms with E-state index < -0.39 is 0 Å². The molecule has 112 valence electrons. The van der Waals surface area contributed by atoms with Crippen molar-refractivity contribution < 1.29 is 0 Å². The summed E-state index contributed by atoms with van der Waals surface area (Å²) < 4.78 is 1.19. The molecule has 0 bridgehead atoms. The number of nitrogens with one attached hydrogen (secondary N) is 1. The van der Waals surface area contributed by atoms with E-state index in [2.05, 4.69) is 84.5 Å². The number of aryl methyl sites for hydroxylation is 2. The van der Waals surface area contributed by atoms with Crippen LogP contribution in [0.2, 0.25) is 0 Å². The zero-order chi connectivity index (χ0) is 15.2. The first kappa shape index (κ1) is 16.3. The molecule has 0 fully saturated rings. The lowest BCUT2D eigenvalue weighted by atomic mass is 9.91. The average Bonchev–Trinajstić information content (AvgIpc) is 2.46. The summed E-state index contributed by atoms with van der Waals surface area (Å²) in [6.45, 7) is 7.68. The van der Waals surface area contributed by atoms with Gasteiger partial charge in [0.1, 0.15) is 0 Å². The molecule has 1 atom stereocenters. The maximum absolute atomic E-state index is 3.72. The Morgan fingerprint density at radius 2 is 1.67 bits per heavy atom. The molecule has 0 aliphatic heterocycles. The van der Waals surface area contributed by atoms with E-state index in [1.807, 2.05) is 0 Å². The summed E-state index contributed by atoms with van der Waals surface area (Å²) >= 11 is 3.67. The highest BCUT2D eigenvalue weighted by molar-refractivity contribution is 9.10. The molecule has 21 heavy (non-hydrogen) atoms. The minimum Gasteiger partial charge on any atom is -0.310 e. The number of benzene rings is 2. The molecule has 1 unspecified atom stereocenters. The minimum atomic E-state index is 0.366. The number of rotatable bonds is 6. The predicted molar refractivity (Wildman–Crippen MR) is 94.8 cm³/mol. The van der Waals surface area contributed by atoms with E-state index in [1.54, 1.807) is 0 Å². The summed E-state index contributed by atoms with van der Waals surface area (Å²) in [4.78, 5) is 0. The van der Waals surface area contributed by atoms with Crippen LogP contribution in [0.15, 0.2) is 46.9 Å². The highest BCUT2D eigenvalue weighted by Gasteiger charge is 2.17. The summed E-state index contributed by atoms with van der Waals surface area (Å²) in [5.74, 6) is 0. The third kappa shape index (κ3) is 4.18. The van der Waals surface area contributed by atoms with Gasteiger partial charge in [-0.25, -0.2) is 0 Å². The van der Waals surface area contributed by atoms with Gasteiger partial charge >= 0.3 is 0 Å². The van der Waals surface area contributed by atoms with Gasteiger partial charge in [0.05, 0.1) is 0 Å². The molecule has 2 aromatic carbocycles. The molecule has 0 saturated carbocycles. The molecule has 1 nitrogen and oxygen atoms in total. The standard InChI is InChI=1S/C19H24BrN/c1-4-12-21-18(13-16-10-5-6-11-17(16)20)19-14(2)8-7-9-15(19)3/h5-11,18,21H,4,12-13H2,1-3H3. The molecule has 1 N–H and O–H groups in total. The van der Waals surface area contributed by atoms with Crippen LogP contribution < -0.4 is 5.32 Å². The topological polar surface area (TPSA) is 12.0 Å². The quantitative estimate of drug-likeness (QED) is 0.743. The van der Waals surface area contributed by atoms with E-state index in [0.717, 1.165) is 19.4 Å². The molecule has 2 aromatic rings. The molecule has 2 heteroatoms. The Hall–Kier alpha value is -1.12. The summed E-state index contributed by atoms with van der Waals surface area (Å²) in [6, 6.07) is 15.4. The van der Waals surface area contributed by atoms with Crippen molar-refractivity contribution >= 4 is 15.9 Å². The molecule has 0 saturated heterocycles. The largest absolute Gasteiger partial charge is 0.310 e. The molecule has 0 aliphatic rings. The van der Waals surface area contributed by atoms with Gasteiger partial charge in [-0.2, -0.15) is 0 Å². The maximum Gasteiger partial charge on any atom is 0.0366 e. The van der Waals surface area contributed by atoms with E-state index >= 15 is 0 Å². The van der Waals surface area contributed by atoms with Crippen molar-refractivity contribution in [3.8, 4) is 0 Å². The van der Waals surface area contributed by atoms with Gasteiger partial charge in [0.15, 0.2) is 0 Å². The van der Waals surface area contributed by atoms with Crippen LogP contribution in [0.1, 0.15) is 41.6 Å². The third-order valence-electron chi connectivity index (χ3n) is 3.91. The molecule has 0 radical (unpaired) electrons. The van der Waals surface area contributed by atoms with E-state index in [-0.39, 0.29) is 0 Å². The van der Waals surface area contributed by atoms with Gasteiger partial charge in [0.25, 0.3) is 0 Å². The summed E-state index contributed by atoms with van der Waals surface area (Å²) in [5.41, 5.74) is 5.54. The zero-order valence-corrected chi connectivity index (χ0v) is 14.7. The Morgan fingerprint density at radius 1 is 1.00 bits per heavy atom. The van der Waals surface area contributed by atoms with Crippen LogP contribution in [-0.4, -0.2) is 6.54 Å². The Bertz CT molecular complexity index is 572. The lowest BCUT2D eigenvalue weighted by Gasteiger charge is -2.23. The minimum absolute atomic E-state index is 0.366. The van der Waals surface area contributed by atoms with E-state index in [9.17, 15) is 0 Å². The highest BCUT2D eigenvalue weighted by Crippen LogP contribution is 2.28. The first-order valence-corrected chi connectivity index (χ1v) is 8.45. The van der Waals surface area contributed by atoms with Gasteiger partial charge in [-0.3, -0.25) is 0 Å². The van der Waals surface area contributed by atoms with Gasteiger partial charge in [-0.05, 0) is 61.6 Å². The average molecular weight is 346 g/mol. The normalized spacial score (nSPS) is 12.4. The molecule has 2 rings (SSSR count). The molecule has 0 aliphatic carbocycles. The van der Waals surface area contributed by atoms with Crippen molar-refractivity contribution in [1.82, 2.24) is 5.32 Å².